The van der Waals surface area contributed by atoms with Crippen molar-refractivity contribution in [2.75, 3.05) is 39.8 Å². The van der Waals surface area contributed by atoms with Crippen molar-refractivity contribution in [3.05, 3.63) is 30.3 Å². The first-order valence-corrected chi connectivity index (χ1v) is 9.59. The standard InChI is InChI=1S/C20H29N3O3/c1-21-17-9-12-22(13-10-17)20(25)16-6-5-11-23(14-16)19(24)15-26-18-7-3-2-4-8-18/h2-4,7-8,16-17,21H,5-6,9-15H2,1H3. The van der Waals surface area contributed by atoms with E-state index in [1.54, 1.807) is 4.90 Å². The molecule has 6 nitrogen and oxygen atoms in total. The van der Waals surface area contributed by atoms with Gasteiger partial charge in [0.25, 0.3) is 5.91 Å². The monoisotopic (exact) mass is 359 g/mol. The van der Waals surface area contributed by atoms with Crippen LogP contribution in [-0.2, 0) is 9.59 Å². The van der Waals surface area contributed by atoms with Crippen molar-refractivity contribution in [3.63, 3.8) is 0 Å². The summed E-state index contributed by atoms with van der Waals surface area (Å²) in [6.07, 6.45) is 3.75. The molecule has 2 aliphatic heterocycles. The molecule has 3 rings (SSSR count). The first kappa shape index (κ1) is 18.7. The lowest BCUT2D eigenvalue weighted by atomic mass is 9.95. The maximum absolute atomic E-state index is 12.8. The highest BCUT2D eigenvalue weighted by Crippen LogP contribution is 2.21. The van der Waals surface area contributed by atoms with Gasteiger partial charge in [0.15, 0.2) is 6.61 Å². The topological polar surface area (TPSA) is 61.9 Å². The molecule has 0 radical (unpaired) electrons. The number of likely N-dealkylation sites (tertiary alicyclic amines) is 2. The average molecular weight is 359 g/mol. The van der Waals surface area contributed by atoms with Gasteiger partial charge in [0.05, 0.1) is 5.92 Å². The second-order valence-corrected chi connectivity index (χ2v) is 7.17. The Morgan fingerprint density at radius 2 is 1.81 bits per heavy atom. The predicted octanol–water partition coefficient (Wildman–Crippen LogP) is 1.51. The molecule has 2 heterocycles. The summed E-state index contributed by atoms with van der Waals surface area (Å²) in [4.78, 5) is 29.1. The molecule has 0 spiro atoms. The third-order valence-corrected chi connectivity index (χ3v) is 5.44. The number of nitrogens with one attached hydrogen (secondary N) is 1. The fourth-order valence-electron chi connectivity index (χ4n) is 3.81. The summed E-state index contributed by atoms with van der Waals surface area (Å²) in [5, 5.41) is 3.29. The van der Waals surface area contributed by atoms with Crippen molar-refractivity contribution in [2.45, 2.75) is 31.7 Å². The lowest BCUT2D eigenvalue weighted by Crippen LogP contribution is -2.50. The number of hydrogen-bond acceptors (Lipinski definition) is 4. The van der Waals surface area contributed by atoms with Crippen molar-refractivity contribution >= 4 is 11.8 Å². The molecule has 1 aromatic carbocycles. The van der Waals surface area contributed by atoms with E-state index in [0.29, 0.717) is 24.9 Å². The average Bonchev–Trinajstić information content (AvgIpc) is 2.72. The summed E-state index contributed by atoms with van der Waals surface area (Å²) in [5.74, 6) is 0.787. The largest absolute Gasteiger partial charge is 0.484 e. The van der Waals surface area contributed by atoms with Gasteiger partial charge in [-0.2, -0.15) is 0 Å². The molecule has 6 heteroatoms. The minimum atomic E-state index is -0.0736. The molecule has 0 aliphatic carbocycles. The van der Waals surface area contributed by atoms with Crippen molar-refractivity contribution < 1.29 is 14.3 Å². The van der Waals surface area contributed by atoms with Crippen molar-refractivity contribution in [2.24, 2.45) is 5.92 Å². The van der Waals surface area contributed by atoms with Crippen molar-refractivity contribution in [1.29, 1.82) is 0 Å². The van der Waals surface area contributed by atoms with Gasteiger partial charge in [0, 0.05) is 32.2 Å². The van der Waals surface area contributed by atoms with E-state index in [2.05, 4.69) is 5.32 Å². The van der Waals surface area contributed by atoms with Crippen LogP contribution >= 0.6 is 0 Å². The van der Waals surface area contributed by atoms with Gasteiger partial charge in [-0.25, -0.2) is 0 Å². The Kier molecular flexibility index (Phi) is 6.50. The van der Waals surface area contributed by atoms with E-state index in [1.807, 2.05) is 42.3 Å². The molecule has 26 heavy (non-hydrogen) atoms. The lowest BCUT2D eigenvalue weighted by Gasteiger charge is -2.37. The van der Waals surface area contributed by atoms with Gasteiger partial charge >= 0.3 is 0 Å². The molecular formula is C20H29N3O3. The van der Waals surface area contributed by atoms with Gasteiger partial charge in [-0.15, -0.1) is 0 Å². The van der Waals surface area contributed by atoms with Gasteiger partial charge in [-0.1, -0.05) is 18.2 Å². The first-order valence-electron chi connectivity index (χ1n) is 9.59. The van der Waals surface area contributed by atoms with E-state index in [4.69, 9.17) is 4.74 Å². The smallest absolute Gasteiger partial charge is 0.260 e. The summed E-state index contributed by atoms with van der Waals surface area (Å²) in [7, 11) is 1.98. The summed E-state index contributed by atoms with van der Waals surface area (Å²) >= 11 is 0. The second-order valence-electron chi connectivity index (χ2n) is 7.17. The fraction of sp³-hybridized carbons (Fsp3) is 0.600. The van der Waals surface area contributed by atoms with Crippen LogP contribution in [0.15, 0.2) is 30.3 Å². The number of carbonyl (C=O) groups excluding carboxylic acids is 2. The van der Waals surface area contributed by atoms with Crippen LogP contribution in [0.4, 0.5) is 0 Å². The van der Waals surface area contributed by atoms with Gasteiger partial charge in [0.1, 0.15) is 5.75 Å². The summed E-state index contributed by atoms with van der Waals surface area (Å²) in [6.45, 7) is 2.88. The third kappa shape index (κ3) is 4.75. The third-order valence-electron chi connectivity index (χ3n) is 5.44. The SMILES string of the molecule is CNC1CCN(C(=O)C2CCCN(C(=O)COc3ccccc3)C2)CC1. The Morgan fingerprint density at radius 3 is 2.50 bits per heavy atom. The minimum Gasteiger partial charge on any atom is -0.484 e. The maximum Gasteiger partial charge on any atom is 0.260 e. The zero-order valence-electron chi connectivity index (χ0n) is 15.5. The van der Waals surface area contributed by atoms with Gasteiger partial charge in [0.2, 0.25) is 5.91 Å². The molecule has 142 valence electrons. The number of carbonyl (C=O) groups is 2. The Morgan fingerprint density at radius 1 is 1.08 bits per heavy atom. The van der Waals surface area contributed by atoms with Crippen LogP contribution in [0.1, 0.15) is 25.7 Å². The minimum absolute atomic E-state index is 0.0263. The zero-order valence-corrected chi connectivity index (χ0v) is 15.5. The molecule has 0 bridgehead atoms. The summed E-state index contributed by atoms with van der Waals surface area (Å²) in [5.41, 5.74) is 0. The number of nitrogens with zero attached hydrogens (tertiary/aromatic N) is 2. The fourth-order valence-corrected chi connectivity index (χ4v) is 3.81. The van der Waals surface area contributed by atoms with E-state index in [9.17, 15) is 9.59 Å². The Labute approximate surface area is 155 Å². The van der Waals surface area contributed by atoms with Crippen LogP contribution in [0.2, 0.25) is 0 Å². The molecule has 0 saturated carbocycles. The summed E-state index contributed by atoms with van der Waals surface area (Å²) in [6, 6.07) is 9.86. The van der Waals surface area contributed by atoms with Crippen LogP contribution in [-0.4, -0.2) is 67.5 Å². The predicted molar refractivity (Wildman–Crippen MR) is 99.9 cm³/mol. The summed E-state index contributed by atoms with van der Waals surface area (Å²) < 4.78 is 5.56. The van der Waals surface area contributed by atoms with E-state index < -0.39 is 0 Å². The molecule has 1 unspecified atom stereocenters. The molecular weight excluding hydrogens is 330 g/mol. The first-order chi connectivity index (χ1) is 12.7. The number of hydrogen-bond donors (Lipinski definition) is 1. The van der Waals surface area contributed by atoms with E-state index >= 15 is 0 Å². The van der Waals surface area contributed by atoms with Crippen LogP contribution < -0.4 is 10.1 Å². The second kappa shape index (κ2) is 9.03. The van der Waals surface area contributed by atoms with Crippen molar-refractivity contribution in [3.8, 4) is 5.75 Å². The highest BCUT2D eigenvalue weighted by atomic mass is 16.5. The van der Waals surface area contributed by atoms with Crippen molar-refractivity contribution in [1.82, 2.24) is 15.1 Å². The van der Waals surface area contributed by atoms with E-state index in [1.165, 1.54) is 0 Å². The van der Waals surface area contributed by atoms with Gasteiger partial charge in [-0.05, 0) is 44.9 Å². The number of piperidine rings is 2. The highest BCUT2D eigenvalue weighted by molar-refractivity contribution is 5.82. The molecule has 0 aromatic heterocycles. The molecule has 2 saturated heterocycles. The Hall–Kier alpha value is -2.08. The molecule has 1 atom stereocenters. The molecule has 2 fully saturated rings. The Bertz CT molecular complexity index is 600. The van der Waals surface area contributed by atoms with Crippen LogP contribution in [0.25, 0.3) is 0 Å². The lowest BCUT2D eigenvalue weighted by molar-refractivity contribution is -0.142. The normalized spacial score (nSPS) is 21.5. The number of rotatable bonds is 5. The molecule has 1 aromatic rings. The molecule has 1 N–H and O–H groups in total. The maximum atomic E-state index is 12.8. The van der Waals surface area contributed by atoms with Gasteiger partial charge in [-0.3, -0.25) is 9.59 Å². The Balaban J connectivity index is 1.48. The van der Waals surface area contributed by atoms with Crippen LogP contribution in [0.3, 0.4) is 0 Å². The van der Waals surface area contributed by atoms with Crippen LogP contribution in [0, 0.1) is 5.92 Å². The zero-order chi connectivity index (χ0) is 18.4. The van der Waals surface area contributed by atoms with Gasteiger partial charge < -0.3 is 19.9 Å². The quantitative estimate of drug-likeness (QED) is 0.866. The number of benzene rings is 1. The number of amides is 2. The van der Waals surface area contributed by atoms with E-state index in [-0.39, 0.29) is 24.3 Å². The molecule has 2 amide bonds. The number of ether oxygens (including phenoxy) is 1. The van der Waals surface area contributed by atoms with E-state index in [0.717, 1.165) is 38.8 Å². The highest BCUT2D eigenvalue weighted by Gasteiger charge is 2.32. The van der Waals surface area contributed by atoms with Crippen LogP contribution in [0.5, 0.6) is 5.75 Å². The molecule has 2 aliphatic rings. The number of para-hydroxylation sites is 1.